The summed E-state index contributed by atoms with van der Waals surface area (Å²) in [6, 6.07) is 7.04. The summed E-state index contributed by atoms with van der Waals surface area (Å²) in [5.74, 6) is 0.737. The molecule has 9 nitrogen and oxygen atoms in total. The number of hydrogen-bond donors (Lipinski definition) is 0. The second kappa shape index (κ2) is 9.58. The third-order valence-electron chi connectivity index (χ3n) is 5.95. The zero-order valence-corrected chi connectivity index (χ0v) is 19.6. The Morgan fingerprint density at radius 2 is 2.09 bits per heavy atom. The number of nitrogens with zero attached hydrogens (tertiary/aromatic N) is 6. The Kier molecular flexibility index (Phi) is 6.37. The molecular formula is C23H20Cl2N6O3. The van der Waals surface area contributed by atoms with E-state index in [0.29, 0.717) is 49.0 Å². The fourth-order valence-corrected chi connectivity index (χ4v) is 4.64. The number of anilines is 1. The van der Waals surface area contributed by atoms with Crippen molar-refractivity contribution in [2.45, 2.75) is 38.5 Å². The zero-order chi connectivity index (χ0) is 23.7. The summed E-state index contributed by atoms with van der Waals surface area (Å²) in [6.07, 6.45) is 5.91. The molecule has 0 radical (unpaired) electrons. The highest BCUT2D eigenvalue weighted by Gasteiger charge is 2.27. The predicted octanol–water partition coefficient (Wildman–Crippen LogP) is 4.27. The molecule has 4 heterocycles. The van der Waals surface area contributed by atoms with Gasteiger partial charge in [-0.3, -0.25) is 4.79 Å². The van der Waals surface area contributed by atoms with E-state index >= 15 is 0 Å². The zero-order valence-electron chi connectivity index (χ0n) is 18.1. The first-order valence-electron chi connectivity index (χ1n) is 10.9. The lowest BCUT2D eigenvalue weighted by Gasteiger charge is -2.31. The minimum Gasteiger partial charge on any atom is -0.437 e. The largest absolute Gasteiger partial charge is 0.437 e. The van der Waals surface area contributed by atoms with Gasteiger partial charge in [-0.2, -0.15) is 15.0 Å². The number of fused-ring (bicyclic) bond motifs is 1. The summed E-state index contributed by atoms with van der Waals surface area (Å²) in [5, 5.41) is 13.9. The van der Waals surface area contributed by atoms with Crippen LogP contribution in [0.5, 0.6) is 11.6 Å². The molecule has 1 unspecified atom stereocenters. The summed E-state index contributed by atoms with van der Waals surface area (Å²) in [7, 11) is 0. The molecule has 0 saturated carbocycles. The van der Waals surface area contributed by atoms with Crippen molar-refractivity contribution in [2.24, 2.45) is 0 Å². The third kappa shape index (κ3) is 4.20. The van der Waals surface area contributed by atoms with Crippen LogP contribution in [0.25, 0.3) is 0 Å². The topological polar surface area (TPSA) is 106 Å². The maximum Gasteiger partial charge on any atom is 0.290 e. The Hall–Kier alpha value is -3.19. The van der Waals surface area contributed by atoms with Crippen molar-refractivity contribution in [1.29, 1.82) is 5.26 Å². The number of rotatable bonds is 4. The van der Waals surface area contributed by atoms with Crippen molar-refractivity contribution in [3.8, 4) is 17.7 Å². The van der Waals surface area contributed by atoms with Crippen molar-refractivity contribution in [3.63, 3.8) is 0 Å². The van der Waals surface area contributed by atoms with Gasteiger partial charge < -0.3 is 14.4 Å². The minimum absolute atomic E-state index is 0.109. The van der Waals surface area contributed by atoms with Crippen LogP contribution in [0, 0.1) is 11.3 Å². The summed E-state index contributed by atoms with van der Waals surface area (Å²) in [6.45, 7) is 1.58. The molecule has 174 valence electrons. The highest BCUT2D eigenvalue weighted by molar-refractivity contribution is 6.33. The quantitative estimate of drug-likeness (QED) is 0.524. The number of hydrogen-bond acceptors (Lipinski definition) is 8. The highest BCUT2D eigenvalue weighted by atomic mass is 35.5. The van der Waals surface area contributed by atoms with Crippen LogP contribution in [0.4, 0.5) is 5.69 Å². The van der Waals surface area contributed by atoms with Gasteiger partial charge in [0.25, 0.3) is 5.56 Å². The predicted molar refractivity (Wildman–Crippen MR) is 125 cm³/mol. The minimum atomic E-state index is -0.381. The molecule has 0 N–H and O–H groups in total. The van der Waals surface area contributed by atoms with Gasteiger partial charge in [-0.1, -0.05) is 29.3 Å². The average molecular weight is 499 g/mol. The van der Waals surface area contributed by atoms with E-state index < -0.39 is 0 Å². The van der Waals surface area contributed by atoms with Crippen LogP contribution in [0.2, 0.25) is 10.0 Å². The fraction of sp³-hybridized carbons (Fsp3) is 0.348. The molecule has 2 aromatic heterocycles. The fourth-order valence-electron chi connectivity index (χ4n) is 4.18. The van der Waals surface area contributed by atoms with Crippen LogP contribution in [-0.2, 0) is 17.7 Å². The van der Waals surface area contributed by atoms with E-state index in [-0.39, 0.29) is 21.8 Å². The van der Waals surface area contributed by atoms with Crippen LogP contribution < -0.4 is 15.2 Å². The van der Waals surface area contributed by atoms with Crippen molar-refractivity contribution < 1.29 is 9.47 Å². The van der Waals surface area contributed by atoms with Crippen LogP contribution in [0.15, 0.2) is 35.5 Å². The molecule has 1 atom stereocenters. The first-order valence-corrected chi connectivity index (χ1v) is 11.7. The van der Waals surface area contributed by atoms with Gasteiger partial charge >= 0.3 is 0 Å². The van der Waals surface area contributed by atoms with Gasteiger partial charge in [0, 0.05) is 18.7 Å². The Balaban J connectivity index is 1.40. The van der Waals surface area contributed by atoms with Crippen molar-refractivity contribution >= 4 is 28.9 Å². The Morgan fingerprint density at radius 1 is 1.21 bits per heavy atom. The van der Waals surface area contributed by atoms with Crippen LogP contribution in [0.3, 0.4) is 0 Å². The molecule has 0 bridgehead atoms. The molecule has 34 heavy (non-hydrogen) atoms. The summed E-state index contributed by atoms with van der Waals surface area (Å²) in [5.41, 5.74) is 2.10. The molecule has 3 aromatic rings. The second-order valence-electron chi connectivity index (χ2n) is 8.02. The van der Waals surface area contributed by atoms with Gasteiger partial charge in [-0.25, -0.2) is 9.97 Å². The van der Waals surface area contributed by atoms with E-state index in [2.05, 4.69) is 15.1 Å². The van der Waals surface area contributed by atoms with Crippen LogP contribution in [0.1, 0.15) is 42.3 Å². The molecule has 0 aliphatic carbocycles. The van der Waals surface area contributed by atoms with E-state index in [4.69, 9.17) is 32.7 Å². The molecule has 5 rings (SSSR count). The lowest BCUT2D eigenvalue weighted by molar-refractivity contribution is -0.0424. The summed E-state index contributed by atoms with van der Waals surface area (Å²) < 4.78 is 13.0. The van der Waals surface area contributed by atoms with Gasteiger partial charge in [-0.15, -0.1) is 0 Å². The lowest BCUT2D eigenvalue weighted by Crippen LogP contribution is -2.36. The van der Waals surface area contributed by atoms with Gasteiger partial charge in [0.2, 0.25) is 5.88 Å². The molecule has 11 heteroatoms. The first kappa shape index (κ1) is 22.6. The smallest absolute Gasteiger partial charge is 0.290 e. The number of nitriles is 1. The maximum atomic E-state index is 12.9. The Labute approximate surface area is 205 Å². The van der Waals surface area contributed by atoms with Gasteiger partial charge in [0.1, 0.15) is 28.2 Å². The van der Waals surface area contributed by atoms with Gasteiger partial charge in [0.05, 0.1) is 29.7 Å². The molecule has 1 aromatic carbocycles. The number of benzene rings is 1. The Morgan fingerprint density at radius 3 is 2.88 bits per heavy atom. The molecule has 2 aliphatic heterocycles. The Bertz CT molecular complexity index is 1330. The molecular weight excluding hydrogens is 479 g/mol. The van der Waals surface area contributed by atoms with E-state index in [9.17, 15) is 10.1 Å². The number of ether oxygens (including phenoxy) is 2. The van der Waals surface area contributed by atoms with E-state index in [1.807, 2.05) is 11.0 Å². The van der Waals surface area contributed by atoms with Crippen molar-refractivity contribution in [1.82, 2.24) is 19.7 Å². The summed E-state index contributed by atoms with van der Waals surface area (Å²) in [4.78, 5) is 23.6. The van der Waals surface area contributed by atoms with Crippen molar-refractivity contribution in [2.75, 3.05) is 18.1 Å². The lowest BCUT2D eigenvalue weighted by atomic mass is 10.1. The maximum absolute atomic E-state index is 12.9. The number of halogens is 2. The van der Waals surface area contributed by atoms with Crippen molar-refractivity contribution in [3.05, 3.63) is 67.9 Å². The normalized spacial score (nSPS) is 17.7. The molecule has 0 amide bonds. The van der Waals surface area contributed by atoms with E-state index in [0.717, 1.165) is 30.5 Å². The van der Waals surface area contributed by atoms with Crippen LogP contribution in [-0.4, -0.2) is 32.9 Å². The second-order valence-corrected chi connectivity index (χ2v) is 8.78. The monoisotopic (exact) mass is 498 g/mol. The number of aromatic nitrogens is 4. The highest BCUT2D eigenvalue weighted by Crippen LogP contribution is 2.35. The van der Waals surface area contributed by atoms with Crippen LogP contribution >= 0.6 is 23.2 Å². The third-order valence-corrected chi connectivity index (χ3v) is 6.70. The molecule has 0 spiro atoms. The summed E-state index contributed by atoms with van der Waals surface area (Å²) >= 11 is 12.8. The van der Waals surface area contributed by atoms with Gasteiger partial charge in [-0.05, 0) is 37.8 Å². The van der Waals surface area contributed by atoms with E-state index in [1.54, 1.807) is 24.4 Å². The molecule has 1 fully saturated rings. The van der Waals surface area contributed by atoms with Gasteiger partial charge in [0.15, 0.2) is 6.23 Å². The average Bonchev–Trinajstić information content (AvgIpc) is 2.87. The SMILES string of the molecule is N#Cc1cccc(Oc2ncnc3c2CCN(c2cnn(C4CCCCO4)c(=O)c2Cl)C3)c1Cl. The molecule has 1 saturated heterocycles. The molecule has 2 aliphatic rings. The standard InChI is InChI=1S/C23H20Cl2N6O3/c24-20-14(10-26)4-3-5-18(20)34-22-15-7-8-30(12-16(15)27-13-28-22)17-11-29-31(23(32)21(17)25)19-6-1-2-9-33-19/h3-5,11,13,19H,1-2,6-9,12H2. The van der Waals surface area contributed by atoms with E-state index in [1.165, 1.54) is 11.0 Å². The first-order chi connectivity index (χ1) is 16.6.